The zero-order chi connectivity index (χ0) is 13.6. The van der Waals surface area contributed by atoms with Crippen LogP contribution < -0.4 is 5.32 Å². The Morgan fingerprint density at radius 3 is 2.44 bits per heavy atom. The molecule has 1 amide bonds. The second-order valence-electron chi connectivity index (χ2n) is 3.88. The van der Waals surface area contributed by atoms with Gasteiger partial charge in [-0.3, -0.25) is 10.1 Å². The molecule has 9 heteroatoms. The topological polar surface area (TPSA) is 42.0 Å². The molecule has 0 aromatic carbocycles. The van der Waals surface area contributed by atoms with E-state index in [0.29, 0.717) is 5.69 Å². The van der Waals surface area contributed by atoms with Crippen LogP contribution in [0.15, 0.2) is 5.38 Å². The maximum Gasteiger partial charge on any atom is 0.463 e. The number of rotatable bonds is 3. The smallest absolute Gasteiger partial charge is 0.296 e. The zero-order valence-electron chi connectivity index (χ0n) is 8.72. The van der Waals surface area contributed by atoms with Gasteiger partial charge in [0, 0.05) is 11.3 Å². The molecule has 18 heavy (non-hydrogen) atoms. The van der Waals surface area contributed by atoms with E-state index in [9.17, 15) is 26.7 Å². The summed E-state index contributed by atoms with van der Waals surface area (Å²) in [5.74, 6) is -7.60. The Balaban J connectivity index is 2.06. The fourth-order valence-corrected chi connectivity index (χ4v) is 2.00. The van der Waals surface area contributed by atoms with Gasteiger partial charge in [0.05, 0.1) is 5.69 Å². The largest absolute Gasteiger partial charge is 0.463 e. The molecule has 1 aromatic heterocycles. The van der Waals surface area contributed by atoms with Gasteiger partial charge in [-0.1, -0.05) is 0 Å². The highest BCUT2D eigenvalue weighted by molar-refractivity contribution is 7.13. The summed E-state index contributed by atoms with van der Waals surface area (Å²) in [7, 11) is 0. The van der Waals surface area contributed by atoms with Crippen molar-refractivity contribution in [1.82, 2.24) is 4.98 Å². The lowest BCUT2D eigenvalue weighted by atomic mass is 10.3. The van der Waals surface area contributed by atoms with Crippen molar-refractivity contribution in [3.63, 3.8) is 0 Å². The summed E-state index contributed by atoms with van der Waals surface area (Å²) in [4.78, 5) is 14.7. The van der Waals surface area contributed by atoms with Crippen LogP contribution in [0.25, 0.3) is 0 Å². The van der Waals surface area contributed by atoms with Gasteiger partial charge in [-0.2, -0.15) is 22.0 Å². The number of nitrogens with one attached hydrogen (secondary N) is 1. The molecule has 0 radical (unpaired) electrons. The summed E-state index contributed by atoms with van der Waals surface area (Å²) in [5.41, 5.74) is 0.616. The number of aromatic nitrogens is 1. The zero-order valence-corrected chi connectivity index (χ0v) is 9.54. The molecule has 3 nitrogen and oxygen atoms in total. The van der Waals surface area contributed by atoms with Crippen LogP contribution in [0.2, 0.25) is 0 Å². The molecule has 0 unspecified atom stereocenters. The van der Waals surface area contributed by atoms with Crippen LogP contribution in [0.3, 0.4) is 0 Å². The SMILES string of the molecule is O=C(Nc1nc(C2CC2)cs1)C(F)(F)C(F)(F)F. The average Bonchev–Trinajstić information content (AvgIpc) is 2.98. The number of thiazole rings is 1. The first-order valence-corrected chi connectivity index (χ1v) is 5.81. The highest BCUT2D eigenvalue weighted by Gasteiger charge is 2.63. The third kappa shape index (κ3) is 2.45. The minimum absolute atomic E-state index is 0.232. The molecule has 1 N–H and O–H groups in total. The third-order valence-electron chi connectivity index (χ3n) is 2.38. The summed E-state index contributed by atoms with van der Waals surface area (Å²) in [5, 5.41) is 2.79. The fraction of sp³-hybridized carbons (Fsp3) is 0.556. The first kappa shape index (κ1) is 13.2. The standard InChI is InChI=1S/C9H7F5N2OS/c10-8(11,9(12,13)14)6(17)16-7-15-5(3-18-7)4-1-2-4/h3-4H,1-2H2,(H,15,16,17). The van der Waals surface area contributed by atoms with E-state index in [2.05, 4.69) is 4.98 Å². The quantitative estimate of drug-likeness (QED) is 0.867. The number of nitrogens with zero attached hydrogens (tertiary/aromatic N) is 1. The summed E-state index contributed by atoms with van der Waals surface area (Å²) in [6, 6.07) is 0. The molecule has 0 saturated heterocycles. The van der Waals surface area contributed by atoms with Crippen LogP contribution in [-0.2, 0) is 4.79 Å². The Labute approximate surface area is 102 Å². The van der Waals surface area contributed by atoms with Gasteiger partial charge in [-0.05, 0) is 12.8 Å². The molecule has 0 aliphatic heterocycles. The Morgan fingerprint density at radius 1 is 1.33 bits per heavy atom. The van der Waals surface area contributed by atoms with Crippen molar-refractivity contribution in [2.75, 3.05) is 5.32 Å². The van der Waals surface area contributed by atoms with Crippen LogP contribution in [-0.4, -0.2) is 23.0 Å². The van der Waals surface area contributed by atoms with Gasteiger partial charge in [-0.15, -0.1) is 11.3 Å². The van der Waals surface area contributed by atoms with E-state index >= 15 is 0 Å². The number of amides is 1. The number of halogens is 5. The van der Waals surface area contributed by atoms with E-state index in [-0.39, 0.29) is 11.0 Å². The molecule has 1 heterocycles. The molecule has 100 valence electrons. The molecule has 1 aliphatic rings. The third-order valence-corrected chi connectivity index (χ3v) is 3.16. The number of hydrogen-bond acceptors (Lipinski definition) is 3. The average molecular weight is 286 g/mol. The normalized spacial score (nSPS) is 16.7. The van der Waals surface area contributed by atoms with Gasteiger partial charge in [0.2, 0.25) is 0 Å². The second-order valence-corrected chi connectivity index (χ2v) is 4.74. The number of anilines is 1. The fourth-order valence-electron chi connectivity index (χ4n) is 1.21. The van der Waals surface area contributed by atoms with Crippen molar-refractivity contribution in [2.45, 2.75) is 30.9 Å². The number of hydrogen-bond donors (Lipinski definition) is 1. The summed E-state index contributed by atoms with van der Waals surface area (Å²) < 4.78 is 61.0. The lowest BCUT2D eigenvalue weighted by molar-refractivity contribution is -0.267. The lowest BCUT2D eigenvalue weighted by Gasteiger charge is -2.17. The highest BCUT2D eigenvalue weighted by atomic mass is 32.1. The van der Waals surface area contributed by atoms with E-state index in [1.54, 1.807) is 5.38 Å². The first-order chi connectivity index (χ1) is 8.22. The van der Waals surface area contributed by atoms with Crippen LogP contribution in [0.5, 0.6) is 0 Å². The van der Waals surface area contributed by atoms with E-state index in [0.717, 1.165) is 24.2 Å². The van der Waals surface area contributed by atoms with Crippen LogP contribution >= 0.6 is 11.3 Å². The molecule has 0 atom stereocenters. The predicted molar refractivity (Wildman–Crippen MR) is 53.7 cm³/mol. The monoisotopic (exact) mass is 286 g/mol. The Bertz CT molecular complexity index is 466. The molecule has 1 aromatic rings. The van der Waals surface area contributed by atoms with Gasteiger partial charge in [-0.25, -0.2) is 4.98 Å². The van der Waals surface area contributed by atoms with Crippen LogP contribution in [0.1, 0.15) is 24.5 Å². The molecular formula is C9H7F5N2OS. The van der Waals surface area contributed by atoms with Gasteiger partial charge in [0.25, 0.3) is 0 Å². The van der Waals surface area contributed by atoms with Gasteiger partial charge in [0.15, 0.2) is 5.13 Å². The molecule has 0 spiro atoms. The van der Waals surface area contributed by atoms with Crippen molar-refractivity contribution in [2.24, 2.45) is 0 Å². The van der Waals surface area contributed by atoms with Crippen molar-refractivity contribution >= 4 is 22.4 Å². The molecule has 2 rings (SSSR count). The second kappa shape index (κ2) is 4.15. The molecule has 1 aliphatic carbocycles. The summed E-state index contributed by atoms with van der Waals surface area (Å²) in [6.45, 7) is 0. The van der Waals surface area contributed by atoms with Crippen LogP contribution in [0, 0.1) is 0 Å². The first-order valence-electron chi connectivity index (χ1n) is 4.93. The van der Waals surface area contributed by atoms with E-state index in [4.69, 9.17) is 0 Å². The lowest BCUT2D eigenvalue weighted by Crippen LogP contribution is -2.47. The van der Waals surface area contributed by atoms with Crippen molar-refractivity contribution < 1.29 is 26.7 Å². The minimum atomic E-state index is -5.91. The van der Waals surface area contributed by atoms with Crippen LogP contribution in [0.4, 0.5) is 27.1 Å². The predicted octanol–water partition coefficient (Wildman–Crippen LogP) is 3.16. The summed E-state index contributed by atoms with van der Waals surface area (Å²) in [6.07, 6.45) is -4.08. The number of carbonyl (C=O) groups excluding carboxylic acids is 1. The maximum absolute atomic E-state index is 12.6. The Hall–Kier alpha value is -1.25. The summed E-state index contributed by atoms with van der Waals surface area (Å²) >= 11 is 0.829. The Kier molecular flexibility index (Phi) is 3.04. The maximum atomic E-state index is 12.6. The van der Waals surface area contributed by atoms with Crippen molar-refractivity contribution in [3.05, 3.63) is 11.1 Å². The van der Waals surface area contributed by atoms with E-state index in [1.807, 2.05) is 0 Å². The van der Waals surface area contributed by atoms with Crippen molar-refractivity contribution in [1.29, 1.82) is 0 Å². The molecular weight excluding hydrogens is 279 g/mol. The van der Waals surface area contributed by atoms with Gasteiger partial charge < -0.3 is 0 Å². The number of alkyl halides is 5. The van der Waals surface area contributed by atoms with Gasteiger partial charge >= 0.3 is 18.0 Å². The van der Waals surface area contributed by atoms with Gasteiger partial charge in [0.1, 0.15) is 0 Å². The molecule has 0 bridgehead atoms. The van der Waals surface area contributed by atoms with Crippen molar-refractivity contribution in [3.8, 4) is 0 Å². The Morgan fingerprint density at radius 2 is 1.94 bits per heavy atom. The van der Waals surface area contributed by atoms with E-state index in [1.165, 1.54) is 5.32 Å². The minimum Gasteiger partial charge on any atom is -0.296 e. The highest BCUT2D eigenvalue weighted by Crippen LogP contribution is 2.41. The molecule has 1 saturated carbocycles. The molecule has 1 fully saturated rings. The number of carbonyl (C=O) groups is 1. The van der Waals surface area contributed by atoms with E-state index < -0.39 is 18.0 Å².